The molecular weight excluding hydrogens is 301 g/mol. The second-order valence-corrected chi connectivity index (χ2v) is 5.19. The van der Waals surface area contributed by atoms with Gasteiger partial charge in [-0.05, 0) is 25.5 Å². The monoisotopic (exact) mass is 318 g/mol. The molecule has 0 amide bonds. The smallest absolute Gasteiger partial charge is 0.433 e. The predicted molar refractivity (Wildman–Crippen MR) is 72.3 cm³/mol. The summed E-state index contributed by atoms with van der Waals surface area (Å²) in [7, 11) is 0. The molecule has 1 saturated carbocycles. The van der Waals surface area contributed by atoms with Gasteiger partial charge in [-0.25, -0.2) is 9.97 Å². The van der Waals surface area contributed by atoms with Crippen molar-refractivity contribution in [2.45, 2.75) is 38.0 Å². The first-order chi connectivity index (χ1) is 10.3. The standard InChI is InChI=1S/C13H17F3N4O2/c1-2-20(7-11(21)22)9-5-8(6-9)18-12-17-4-3-10(19-12)13(14,15)16/h3-4,8-9H,2,5-7H2,1H3,(H,21,22)(H,17,18,19). The van der Waals surface area contributed by atoms with Crippen LogP contribution >= 0.6 is 0 Å². The zero-order valence-electron chi connectivity index (χ0n) is 12.0. The summed E-state index contributed by atoms with van der Waals surface area (Å²) >= 11 is 0. The van der Waals surface area contributed by atoms with E-state index in [0.717, 1.165) is 12.3 Å². The van der Waals surface area contributed by atoms with Gasteiger partial charge in [0.15, 0.2) is 0 Å². The second-order valence-electron chi connectivity index (χ2n) is 5.19. The minimum atomic E-state index is -4.50. The zero-order valence-corrected chi connectivity index (χ0v) is 12.0. The van der Waals surface area contributed by atoms with E-state index in [0.29, 0.717) is 19.4 Å². The van der Waals surface area contributed by atoms with Gasteiger partial charge in [-0.15, -0.1) is 0 Å². The summed E-state index contributed by atoms with van der Waals surface area (Å²) in [6, 6.07) is 0.890. The molecule has 2 rings (SSSR count). The fourth-order valence-corrected chi connectivity index (χ4v) is 2.45. The molecule has 0 radical (unpaired) electrons. The first-order valence-electron chi connectivity index (χ1n) is 6.92. The van der Waals surface area contributed by atoms with E-state index < -0.39 is 17.8 Å². The van der Waals surface area contributed by atoms with Crippen LogP contribution in [0.4, 0.5) is 19.1 Å². The van der Waals surface area contributed by atoms with E-state index in [-0.39, 0.29) is 24.6 Å². The quantitative estimate of drug-likeness (QED) is 0.833. The number of alkyl halides is 3. The van der Waals surface area contributed by atoms with Gasteiger partial charge in [-0.1, -0.05) is 6.92 Å². The Hall–Kier alpha value is -1.90. The lowest BCUT2D eigenvalue weighted by Crippen LogP contribution is -2.51. The van der Waals surface area contributed by atoms with Crippen molar-refractivity contribution < 1.29 is 23.1 Å². The minimum absolute atomic E-state index is 0.0338. The molecule has 6 nitrogen and oxygen atoms in total. The van der Waals surface area contributed by atoms with E-state index in [1.807, 2.05) is 11.8 Å². The summed E-state index contributed by atoms with van der Waals surface area (Å²) in [5.74, 6) is -0.945. The number of anilines is 1. The Bertz CT molecular complexity index is 532. The van der Waals surface area contributed by atoms with Crippen LogP contribution in [-0.2, 0) is 11.0 Å². The summed E-state index contributed by atoms with van der Waals surface area (Å²) in [5.41, 5.74) is -0.984. The normalized spacial score (nSPS) is 21.5. The number of carbonyl (C=O) groups is 1. The Morgan fingerprint density at radius 2 is 2.18 bits per heavy atom. The van der Waals surface area contributed by atoms with Crippen molar-refractivity contribution in [3.05, 3.63) is 18.0 Å². The Kier molecular flexibility index (Phi) is 4.84. The number of hydrogen-bond acceptors (Lipinski definition) is 5. The number of rotatable bonds is 6. The van der Waals surface area contributed by atoms with Crippen LogP contribution < -0.4 is 5.32 Å². The maximum Gasteiger partial charge on any atom is 0.433 e. The molecule has 1 aromatic rings. The van der Waals surface area contributed by atoms with Crippen LogP contribution in [-0.4, -0.2) is 51.1 Å². The van der Waals surface area contributed by atoms with E-state index in [1.165, 1.54) is 0 Å². The van der Waals surface area contributed by atoms with E-state index in [1.54, 1.807) is 0 Å². The lowest BCUT2D eigenvalue weighted by atomic mass is 9.85. The molecule has 9 heteroatoms. The molecule has 0 aromatic carbocycles. The molecule has 1 fully saturated rings. The van der Waals surface area contributed by atoms with Gasteiger partial charge in [-0.3, -0.25) is 9.69 Å². The third-order valence-corrected chi connectivity index (χ3v) is 3.65. The lowest BCUT2D eigenvalue weighted by Gasteiger charge is -2.42. The van der Waals surface area contributed by atoms with Gasteiger partial charge in [0.25, 0.3) is 0 Å². The number of carboxylic acid groups (broad SMARTS) is 1. The van der Waals surface area contributed by atoms with Gasteiger partial charge in [0.2, 0.25) is 5.95 Å². The highest BCUT2D eigenvalue weighted by Crippen LogP contribution is 2.30. The highest BCUT2D eigenvalue weighted by atomic mass is 19.4. The zero-order chi connectivity index (χ0) is 16.3. The van der Waals surface area contributed by atoms with Crippen molar-refractivity contribution >= 4 is 11.9 Å². The second kappa shape index (κ2) is 6.47. The summed E-state index contributed by atoms with van der Waals surface area (Å²) in [5, 5.41) is 11.7. The number of nitrogens with zero attached hydrogens (tertiary/aromatic N) is 3. The van der Waals surface area contributed by atoms with E-state index in [9.17, 15) is 18.0 Å². The Morgan fingerprint density at radius 1 is 1.50 bits per heavy atom. The third kappa shape index (κ3) is 4.06. The van der Waals surface area contributed by atoms with Gasteiger partial charge >= 0.3 is 12.1 Å². The van der Waals surface area contributed by atoms with Crippen LogP contribution in [0.25, 0.3) is 0 Å². The van der Waals surface area contributed by atoms with Crippen LogP contribution in [0.2, 0.25) is 0 Å². The average Bonchev–Trinajstić information content (AvgIpc) is 2.39. The molecule has 22 heavy (non-hydrogen) atoms. The number of aliphatic carboxylic acids is 1. The molecule has 1 aliphatic rings. The first-order valence-corrected chi connectivity index (χ1v) is 6.92. The van der Waals surface area contributed by atoms with Crippen molar-refractivity contribution in [1.82, 2.24) is 14.9 Å². The fourth-order valence-electron chi connectivity index (χ4n) is 2.45. The lowest BCUT2D eigenvalue weighted by molar-refractivity contribution is -0.141. The number of likely N-dealkylation sites (N-methyl/N-ethyl adjacent to an activating group) is 1. The molecule has 0 unspecified atom stereocenters. The molecule has 0 bridgehead atoms. The molecule has 1 aromatic heterocycles. The van der Waals surface area contributed by atoms with Gasteiger partial charge in [0.05, 0.1) is 6.54 Å². The third-order valence-electron chi connectivity index (χ3n) is 3.65. The molecule has 0 aliphatic heterocycles. The molecular formula is C13H17F3N4O2. The van der Waals surface area contributed by atoms with Gasteiger partial charge in [0, 0.05) is 18.3 Å². The SMILES string of the molecule is CCN(CC(=O)O)C1CC(Nc2nccc(C(F)(F)F)n2)C1. The topological polar surface area (TPSA) is 78.4 Å². The van der Waals surface area contributed by atoms with Crippen LogP contribution in [0, 0.1) is 0 Å². The van der Waals surface area contributed by atoms with Crippen LogP contribution in [0.1, 0.15) is 25.5 Å². The Balaban J connectivity index is 1.89. The van der Waals surface area contributed by atoms with Crippen molar-refractivity contribution in [1.29, 1.82) is 0 Å². The van der Waals surface area contributed by atoms with Crippen LogP contribution in [0.15, 0.2) is 12.3 Å². The summed E-state index contributed by atoms with van der Waals surface area (Å²) in [4.78, 5) is 19.8. The molecule has 0 atom stereocenters. The van der Waals surface area contributed by atoms with Crippen molar-refractivity contribution in [2.24, 2.45) is 0 Å². The van der Waals surface area contributed by atoms with Gasteiger partial charge in [-0.2, -0.15) is 13.2 Å². The summed E-state index contributed by atoms with van der Waals surface area (Å²) < 4.78 is 37.7. The molecule has 2 N–H and O–H groups in total. The number of nitrogens with one attached hydrogen (secondary N) is 1. The number of aromatic nitrogens is 2. The average molecular weight is 318 g/mol. The number of halogens is 3. The number of carboxylic acids is 1. The molecule has 122 valence electrons. The Labute approximate surface area is 125 Å². The van der Waals surface area contributed by atoms with Crippen molar-refractivity contribution in [3.8, 4) is 0 Å². The maximum atomic E-state index is 12.6. The molecule has 0 spiro atoms. The van der Waals surface area contributed by atoms with Gasteiger partial charge in [0.1, 0.15) is 5.69 Å². The largest absolute Gasteiger partial charge is 0.480 e. The number of hydrogen-bond donors (Lipinski definition) is 2. The van der Waals surface area contributed by atoms with Gasteiger partial charge < -0.3 is 10.4 Å². The Morgan fingerprint density at radius 3 is 2.73 bits per heavy atom. The van der Waals surface area contributed by atoms with E-state index in [4.69, 9.17) is 5.11 Å². The molecule has 1 heterocycles. The van der Waals surface area contributed by atoms with Crippen molar-refractivity contribution in [3.63, 3.8) is 0 Å². The van der Waals surface area contributed by atoms with E-state index in [2.05, 4.69) is 15.3 Å². The summed E-state index contributed by atoms with van der Waals surface area (Å²) in [6.45, 7) is 2.46. The first kappa shape index (κ1) is 16.5. The van der Waals surface area contributed by atoms with E-state index >= 15 is 0 Å². The van der Waals surface area contributed by atoms with Crippen LogP contribution in [0.3, 0.4) is 0 Å². The predicted octanol–water partition coefficient (Wildman–Crippen LogP) is 1.84. The summed E-state index contributed by atoms with van der Waals surface area (Å²) in [6.07, 6.45) is -2.12. The highest BCUT2D eigenvalue weighted by molar-refractivity contribution is 5.69. The van der Waals surface area contributed by atoms with Crippen molar-refractivity contribution in [2.75, 3.05) is 18.4 Å². The molecule has 0 saturated heterocycles. The maximum absolute atomic E-state index is 12.6. The molecule has 1 aliphatic carbocycles. The minimum Gasteiger partial charge on any atom is -0.480 e. The van der Waals surface area contributed by atoms with Crippen LogP contribution in [0.5, 0.6) is 0 Å². The fraction of sp³-hybridized carbons (Fsp3) is 0.615. The highest BCUT2D eigenvalue weighted by Gasteiger charge is 2.35.